The summed E-state index contributed by atoms with van der Waals surface area (Å²) < 4.78 is 66.0. The molecule has 0 saturated carbocycles. The van der Waals surface area contributed by atoms with Crippen LogP contribution in [0.1, 0.15) is 24.0 Å². The number of hydrogen-bond donors (Lipinski definition) is 0. The van der Waals surface area contributed by atoms with Crippen molar-refractivity contribution in [3.63, 3.8) is 0 Å². The third-order valence-corrected chi connectivity index (χ3v) is 7.24. The Labute approximate surface area is 194 Å². The molecule has 0 amide bonds. The summed E-state index contributed by atoms with van der Waals surface area (Å²) in [4.78, 5) is -0.361. The fourth-order valence-corrected chi connectivity index (χ4v) is 4.96. The third-order valence-electron chi connectivity index (χ3n) is 5.29. The van der Waals surface area contributed by atoms with Crippen LogP contribution in [0.3, 0.4) is 0 Å². The van der Waals surface area contributed by atoms with Crippen LogP contribution in [0.15, 0.2) is 77.9 Å². The quantitative estimate of drug-likeness (QED) is 0.398. The Morgan fingerprint density at radius 2 is 1.82 bits per heavy atom. The van der Waals surface area contributed by atoms with Crippen LogP contribution >= 0.6 is 11.6 Å². The molecule has 0 unspecified atom stereocenters. The lowest BCUT2D eigenvalue weighted by Crippen LogP contribution is -2.15. The van der Waals surface area contributed by atoms with Crippen LogP contribution in [0.5, 0.6) is 0 Å². The number of rotatable bonds is 6. The summed E-state index contributed by atoms with van der Waals surface area (Å²) >= 11 is 6.00. The number of allylic oxidation sites excluding steroid dienone is 4. The van der Waals surface area contributed by atoms with Crippen molar-refractivity contribution in [2.45, 2.75) is 30.5 Å². The van der Waals surface area contributed by atoms with Gasteiger partial charge in [-0.2, -0.15) is 18.3 Å². The molecule has 1 heterocycles. The zero-order chi connectivity index (χ0) is 23.6. The first-order valence-corrected chi connectivity index (χ1v) is 12.3. The van der Waals surface area contributed by atoms with Gasteiger partial charge in [-0.25, -0.2) is 8.42 Å². The SMILES string of the molecule is O=S(=O)(CCn1cc(C2=CCCC=C2)c(-c2ccc(Cl)cc2)n1)c1cccc(C(F)(F)F)c1. The van der Waals surface area contributed by atoms with Gasteiger partial charge < -0.3 is 0 Å². The van der Waals surface area contributed by atoms with Gasteiger partial charge in [-0.1, -0.05) is 48.0 Å². The van der Waals surface area contributed by atoms with Gasteiger partial charge in [-0.05, 0) is 48.7 Å². The summed E-state index contributed by atoms with van der Waals surface area (Å²) in [5.41, 5.74) is 2.35. The number of sulfone groups is 1. The first kappa shape index (κ1) is 23.3. The highest BCUT2D eigenvalue weighted by Crippen LogP contribution is 2.32. The van der Waals surface area contributed by atoms with Crippen molar-refractivity contribution in [3.8, 4) is 11.3 Å². The highest BCUT2D eigenvalue weighted by molar-refractivity contribution is 7.91. The predicted octanol–water partition coefficient (Wildman–Crippen LogP) is 6.43. The average molecular weight is 493 g/mol. The molecular formula is C24H20ClF3N2O2S. The molecule has 3 aromatic rings. The minimum Gasteiger partial charge on any atom is -0.270 e. The molecule has 33 heavy (non-hydrogen) atoms. The lowest BCUT2D eigenvalue weighted by atomic mass is 9.97. The Balaban J connectivity index is 1.63. The van der Waals surface area contributed by atoms with Gasteiger partial charge in [0.25, 0.3) is 0 Å². The maximum atomic E-state index is 13.0. The summed E-state index contributed by atoms with van der Waals surface area (Å²) in [6.07, 6.45) is 5.16. The molecule has 4 nitrogen and oxygen atoms in total. The van der Waals surface area contributed by atoms with Crippen LogP contribution in [0.25, 0.3) is 16.8 Å². The van der Waals surface area contributed by atoms with E-state index in [1.807, 2.05) is 18.2 Å². The van der Waals surface area contributed by atoms with Crippen molar-refractivity contribution in [2.75, 3.05) is 5.75 Å². The number of aromatic nitrogens is 2. The molecule has 1 aliphatic rings. The van der Waals surface area contributed by atoms with Gasteiger partial charge in [0.05, 0.1) is 22.8 Å². The van der Waals surface area contributed by atoms with Gasteiger partial charge >= 0.3 is 6.18 Å². The van der Waals surface area contributed by atoms with Crippen LogP contribution in [0.2, 0.25) is 5.02 Å². The van der Waals surface area contributed by atoms with E-state index in [-0.39, 0.29) is 17.2 Å². The molecular weight excluding hydrogens is 473 g/mol. The second-order valence-corrected chi connectivity index (χ2v) is 10.2. The molecule has 172 valence electrons. The molecule has 0 saturated heterocycles. The smallest absolute Gasteiger partial charge is 0.270 e. The number of aryl methyl sites for hydroxylation is 1. The van der Waals surface area contributed by atoms with Gasteiger partial charge in [0.2, 0.25) is 0 Å². The molecule has 0 bridgehead atoms. The monoisotopic (exact) mass is 492 g/mol. The third kappa shape index (κ3) is 5.39. The summed E-state index contributed by atoms with van der Waals surface area (Å²) in [6, 6.07) is 11.0. The van der Waals surface area contributed by atoms with Crippen molar-refractivity contribution in [1.82, 2.24) is 9.78 Å². The van der Waals surface area contributed by atoms with E-state index in [4.69, 9.17) is 11.6 Å². The molecule has 0 radical (unpaired) electrons. The van der Waals surface area contributed by atoms with Crippen molar-refractivity contribution in [3.05, 3.63) is 89.1 Å². The van der Waals surface area contributed by atoms with Gasteiger partial charge in [0, 0.05) is 22.3 Å². The van der Waals surface area contributed by atoms with Crippen molar-refractivity contribution >= 4 is 27.0 Å². The molecule has 0 fully saturated rings. The van der Waals surface area contributed by atoms with E-state index >= 15 is 0 Å². The molecule has 2 aromatic carbocycles. The van der Waals surface area contributed by atoms with Crippen molar-refractivity contribution in [2.24, 2.45) is 0 Å². The molecule has 4 rings (SSSR count). The highest BCUT2D eigenvalue weighted by Gasteiger charge is 2.31. The Hall–Kier alpha value is -2.84. The Morgan fingerprint density at radius 3 is 2.48 bits per heavy atom. The topological polar surface area (TPSA) is 52.0 Å². The second kappa shape index (κ2) is 9.19. The van der Waals surface area contributed by atoms with Gasteiger partial charge in [0.1, 0.15) is 5.69 Å². The minimum atomic E-state index is -4.61. The van der Waals surface area contributed by atoms with E-state index in [0.717, 1.165) is 41.7 Å². The van der Waals surface area contributed by atoms with Gasteiger partial charge in [-0.15, -0.1) is 0 Å². The fourth-order valence-electron chi connectivity index (χ4n) is 3.58. The van der Waals surface area contributed by atoms with Crippen LogP contribution in [-0.4, -0.2) is 24.0 Å². The highest BCUT2D eigenvalue weighted by atomic mass is 35.5. The molecule has 0 atom stereocenters. The van der Waals surface area contributed by atoms with Crippen molar-refractivity contribution in [1.29, 1.82) is 0 Å². The average Bonchev–Trinajstić information content (AvgIpc) is 3.23. The fraction of sp³-hybridized carbons (Fsp3) is 0.208. The van der Waals surface area contributed by atoms with Crippen LogP contribution in [-0.2, 0) is 22.6 Å². The summed E-state index contributed by atoms with van der Waals surface area (Å²) in [5, 5.41) is 5.18. The Morgan fingerprint density at radius 1 is 1.06 bits per heavy atom. The first-order chi connectivity index (χ1) is 15.6. The summed E-state index contributed by atoms with van der Waals surface area (Å²) in [6.45, 7) is -0.00381. The maximum absolute atomic E-state index is 13.0. The van der Waals surface area contributed by atoms with Crippen LogP contribution in [0.4, 0.5) is 13.2 Å². The lowest BCUT2D eigenvalue weighted by molar-refractivity contribution is -0.137. The van der Waals surface area contributed by atoms with E-state index in [2.05, 4.69) is 17.3 Å². The largest absolute Gasteiger partial charge is 0.416 e. The number of alkyl halides is 3. The predicted molar refractivity (Wildman–Crippen MR) is 123 cm³/mol. The second-order valence-electron chi connectivity index (χ2n) is 7.64. The zero-order valence-electron chi connectivity index (χ0n) is 17.4. The Kier molecular flexibility index (Phi) is 6.50. The number of benzene rings is 2. The summed E-state index contributed by atoms with van der Waals surface area (Å²) in [5.74, 6) is -0.385. The molecule has 1 aliphatic carbocycles. The van der Waals surface area contributed by atoms with Gasteiger partial charge in [-0.3, -0.25) is 4.68 Å². The molecule has 0 spiro atoms. The molecule has 0 aliphatic heterocycles. The lowest BCUT2D eigenvalue weighted by Gasteiger charge is -2.09. The molecule has 0 N–H and O–H groups in total. The van der Waals surface area contributed by atoms with E-state index in [1.54, 1.807) is 18.3 Å². The van der Waals surface area contributed by atoms with Gasteiger partial charge in [0.15, 0.2) is 9.84 Å². The van der Waals surface area contributed by atoms with E-state index < -0.39 is 21.6 Å². The van der Waals surface area contributed by atoms with Crippen LogP contribution < -0.4 is 0 Å². The number of hydrogen-bond acceptors (Lipinski definition) is 3. The first-order valence-electron chi connectivity index (χ1n) is 10.2. The standard InChI is InChI=1S/C24H20ClF3N2O2S/c25-20-11-9-18(10-12-20)23-22(17-5-2-1-3-6-17)16-30(29-23)13-14-33(31,32)21-8-4-7-19(15-21)24(26,27)28/h2,4-12,15-16H,1,3,13-14H2. The minimum absolute atomic E-state index is 0.00381. The maximum Gasteiger partial charge on any atom is 0.416 e. The normalized spacial score (nSPS) is 14.4. The number of nitrogens with zero attached hydrogens (tertiary/aromatic N) is 2. The van der Waals surface area contributed by atoms with Crippen molar-refractivity contribution < 1.29 is 21.6 Å². The molecule has 9 heteroatoms. The number of halogens is 4. The van der Waals surface area contributed by atoms with E-state index in [0.29, 0.717) is 16.8 Å². The summed E-state index contributed by atoms with van der Waals surface area (Å²) in [7, 11) is -3.95. The van der Waals surface area contributed by atoms with Crippen LogP contribution in [0, 0.1) is 0 Å². The Bertz CT molecular complexity index is 1320. The molecule has 1 aromatic heterocycles. The zero-order valence-corrected chi connectivity index (χ0v) is 19.0. The van der Waals surface area contributed by atoms with E-state index in [1.165, 1.54) is 10.7 Å². The van der Waals surface area contributed by atoms with E-state index in [9.17, 15) is 21.6 Å².